The van der Waals surface area contributed by atoms with Crippen LogP contribution in [0.3, 0.4) is 0 Å². The van der Waals surface area contributed by atoms with Crippen molar-refractivity contribution >= 4 is 0 Å². The molecule has 0 unspecified atom stereocenters. The third-order valence-electron chi connectivity index (χ3n) is 2.70. The van der Waals surface area contributed by atoms with E-state index in [1.165, 1.54) is 31.2 Å². The van der Waals surface area contributed by atoms with Crippen molar-refractivity contribution in [1.82, 2.24) is 0 Å². The highest BCUT2D eigenvalue weighted by Gasteiger charge is 2.11. The van der Waals surface area contributed by atoms with Crippen LogP contribution in [0.25, 0.3) is 0 Å². The first-order chi connectivity index (χ1) is 6.47. The van der Waals surface area contributed by atoms with Gasteiger partial charge in [0.05, 0.1) is 0 Å². The van der Waals surface area contributed by atoms with Crippen molar-refractivity contribution in [2.75, 3.05) is 0 Å². The Bertz CT molecular complexity index is 261. The predicted octanol–water partition coefficient (Wildman–Crippen LogP) is 3.70. The molecule has 0 nitrogen and oxygen atoms in total. The molecule has 0 fully saturated rings. The van der Waals surface area contributed by atoms with Gasteiger partial charge in [-0.1, -0.05) is 36.4 Å². The summed E-state index contributed by atoms with van der Waals surface area (Å²) in [6.45, 7) is 0. The molecule has 13 heavy (non-hydrogen) atoms. The molecule has 0 heterocycles. The van der Waals surface area contributed by atoms with Gasteiger partial charge < -0.3 is 0 Å². The molecular formula is C13H15. The van der Waals surface area contributed by atoms with Crippen LogP contribution in [-0.2, 0) is 0 Å². The molecule has 0 saturated carbocycles. The Morgan fingerprint density at radius 2 is 1.85 bits per heavy atom. The summed E-state index contributed by atoms with van der Waals surface area (Å²) < 4.78 is 0. The summed E-state index contributed by atoms with van der Waals surface area (Å²) in [6, 6.07) is 11.7. The van der Waals surface area contributed by atoms with E-state index in [1.54, 1.807) is 0 Å². The molecule has 0 aliphatic heterocycles. The summed E-state index contributed by atoms with van der Waals surface area (Å²) in [4.78, 5) is 0. The highest BCUT2D eigenvalue weighted by Crippen LogP contribution is 2.28. The van der Waals surface area contributed by atoms with Gasteiger partial charge in [-0.3, -0.25) is 0 Å². The van der Waals surface area contributed by atoms with Crippen molar-refractivity contribution < 1.29 is 0 Å². The zero-order valence-electron chi connectivity index (χ0n) is 7.87. The van der Waals surface area contributed by atoms with Crippen LogP contribution in [-0.4, -0.2) is 0 Å². The maximum Gasteiger partial charge on any atom is -0.0146 e. The molecule has 1 aliphatic carbocycles. The molecule has 0 heteroatoms. The molecule has 0 amide bonds. The van der Waals surface area contributed by atoms with Gasteiger partial charge in [-0.2, -0.15) is 0 Å². The topological polar surface area (TPSA) is 0 Å². The Kier molecular flexibility index (Phi) is 2.81. The summed E-state index contributed by atoms with van der Waals surface area (Å²) in [6.07, 6.45) is 9.65. The van der Waals surface area contributed by atoms with Crippen LogP contribution in [0.15, 0.2) is 36.4 Å². The lowest BCUT2D eigenvalue weighted by Gasteiger charge is -2.13. The highest BCUT2D eigenvalue weighted by atomic mass is 14.2. The third-order valence-corrected chi connectivity index (χ3v) is 2.70. The molecule has 0 bridgehead atoms. The first-order valence-electron chi connectivity index (χ1n) is 5.08. The SMILES string of the molecule is [c]1ccccc1C1CCC=CCC1. The predicted molar refractivity (Wildman–Crippen MR) is 55.6 cm³/mol. The van der Waals surface area contributed by atoms with Crippen molar-refractivity contribution in [2.45, 2.75) is 31.6 Å². The van der Waals surface area contributed by atoms with Gasteiger partial charge in [0.2, 0.25) is 0 Å². The van der Waals surface area contributed by atoms with Crippen LogP contribution in [0, 0.1) is 6.07 Å². The molecule has 1 aromatic carbocycles. The molecule has 0 saturated heterocycles. The Morgan fingerprint density at radius 1 is 1.08 bits per heavy atom. The average Bonchev–Trinajstić information content (AvgIpc) is 2.47. The molecule has 2 rings (SSSR count). The Hall–Kier alpha value is -1.04. The van der Waals surface area contributed by atoms with Gasteiger partial charge in [0.25, 0.3) is 0 Å². The number of rotatable bonds is 1. The normalized spacial score (nSPS) is 18.5. The second-order valence-corrected chi connectivity index (χ2v) is 3.64. The molecule has 0 N–H and O–H groups in total. The van der Waals surface area contributed by atoms with Crippen molar-refractivity contribution in [2.24, 2.45) is 0 Å². The summed E-state index contributed by atoms with van der Waals surface area (Å²) in [5, 5.41) is 0. The smallest absolute Gasteiger partial charge is 0.0146 e. The second kappa shape index (κ2) is 4.27. The van der Waals surface area contributed by atoms with E-state index < -0.39 is 0 Å². The van der Waals surface area contributed by atoms with Crippen LogP contribution >= 0.6 is 0 Å². The minimum absolute atomic E-state index is 0.733. The van der Waals surface area contributed by atoms with Crippen LogP contribution in [0.4, 0.5) is 0 Å². The summed E-state index contributed by atoms with van der Waals surface area (Å²) in [7, 11) is 0. The zero-order valence-corrected chi connectivity index (χ0v) is 7.87. The lowest BCUT2D eigenvalue weighted by Crippen LogP contribution is -1.96. The Morgan fingerprint density at radius 3 is 2.46 bits per heavy atom. The Balaban J connectivity index is 2.09. The van der Waals surface area contributed by atoms with Crippen LogP contribution in [0.1, 0.15) is 37.2 Å². The third kappa shape index (κ3) is 2.21. The number of hydrogen-bond acceptors (Lipinski definition) is 0. The van der Waals surface area contributed by atoms with Gasteiger partial charge >= 0.3 is 0 Å². The van der Waals surface area contributed by atoms with Crippen LogP contribution in [0.5, 0.6) is 0 Å². The quantitative estimate of drug-likeness (QED) is 0.565. The molecule has 1 aromatic rings. The lowest BCUT2D eigenvalue weighted by molar-refractivity contribution is 0.603. The number of allylic oxidation sites excluding steroid dienone is 2. The van der Waals surface area contributed by atoms with Gasteiger partial charge in [-0.25, -0.2) is 0 Å². The minimum Gasteiger partial charge on any atom is -0.0885 e. The van der Waals surface area contributed by atoms with Crippen LogP contribution < -0.4 is 0 Å². The van der Waals surface area contributed by atoms with Crippen molar-refractivity contribution in [3.63, 3.8) is 0 Å². The first-order valence-corrected chi connectivity index (χ1v) is 5.08. The first kappa shape index (κ1) is 8.55. The van der Waals surface area contributed by atoms with Gasteiger partial charge in [-0.05, 0) is 43.2 Å². The molecule has 1 radical (unpaired) electrons. The molecule has 0 spiro atoms. The number of benzene rings is 1. The van der Waals surface area contributed by atoms with E-state index in [2.05, 4.69) is 30.4 Å². The van der Waals surface area contributed by atoms with Crippen molar-refractivity contribution in [3.05, 3.63) is 48.0 Å². The van der Waals surface area contributed by atoms with E-state index in [1.807, 2.05) is 12.1 Å². The molecule has 67 valence electrons. The van der Waals surface area contributed by atoms with Gasteiger partial charge in [-0.15, -0.1) is 0 Å². The fourth-order valence-electron chi connectivity index (χ4n) is 1.95. The highest BCUT2D eigenvalue weighted by molar-refractivity contribution is 5.18. The van der Waals surface area contributed by atoms with E-state index in [0.29, 0.717) is 0 Å². The Labute approximate surface area is 80.3 Å². The summed E-state index contributed by atoms with van der Waals surface area (Å²) in [5.41, 5.74) is 1.39. The molecule has 0 atom stereocenters. The second-order valence-electron chi connectivity index (χ2n) is 3.64. The minimum atomic E-state index is 0.733. The fourth-order valence-corrected chi connectivity index (χ4v) is 1.95. The summed E-state index contributed by atoms with van der Waals surface area (Å²) >= 11 is 0. The standard InChI is InChI=1S/C13H15/c1-2-5-9-12(8-4-1)13-10-6-3-7-11-13/h1-3,6-7,10,12H,4-5,8-9H2. The number of hydrogen-bond donors (Lipinski definition) is 0. The van der Waals surface area contributed by atoms with Gasteiger partial charge in [0.15, 0.2) is 0 Å². The van der Waals surface area contributed by atoms with Crippen molar-refractivity contribution in [1.29, 1.82) is 0 Å². The zero-order chi connectivity index (χ0) is 8.93. The van der Waals surface area contributed by atoms with Crippen molar-refractivity contribution in [3.8, 4) is 0 Å². The van der Waals surface area contributed by atoms with Crippen LogP contribution in [0.2, 0.25) is 0 Å². The monoisotopic (exact) mass is 171 g/mol. The largest absolute Gasteiger partial charge is 0.0885 e. The van der Waals surface area contributed by atoms with E-state index in [0.717, 1.165) is 5.92 Å². The average molecular weight is 171 g/mol. The molecular weight excluding hydrogens is 156 g/mol. The van der Waals surface area contributed by atoms with E-state index in [9.17, 15) is 0 Å². The van der Waals surface area contributed by atoms with Gasteiger partial charge in [0.1, 0.15) is 0 Å². The van der Waals surface area contributed by atoms with E-state index >= 15 is 0 Å². The summed E-state index contributed by atoms with van der Waals surface area (Å²) in [5.74, 6) is 0.733. The maximum atomic E-state index is 3.34. The fraction of sp³-hybridized carbons (Fsp3) is 0.385. The molecule has 0 aromatic heterocycles. The lowest BCUT2D eigenvalue weighted by atomic mass is 9.92. The molecule has 1 aliphatic rings. The van der Waals surface area contributed by atoms with Gasteiger partial charge in [0, 0.05) is 0 Å². The van der Waals surface area contributed by atoms with E-state index in [-0.39, 0.29) is 0 Å². The van der Waals surface area contributed by atoms with E-state index in [4.69, 9.17) is 0 Å². The maximum absolute atomic E-state index is 3.34.